The molecule has 20 heteroatoms. The van der Waals surface area contributed by atoms with Crippen molar-refractivity contribution < 1.29 is 36.8 Å². The topological polar surface area (TPSA) is 205 Å². The first-order chi connectivity index (χ1) is 42.8. The molecule has 0 bridgehead atoms. The summed E-state index contributed by atoms with van der Waals surface area (Å²) < 4.78 is 24.3. The zero-order valence-corrected chi connectivity index (χ0v) is 58.7. The second-order valence-corrected chi connectivity index (χ2v) is 26.4. The molecule has 480 valence electrons. The van der Waals surface area contributed by atoms with E-state index in [2.05, 4.69) is 122 Å². The maximum Gasteiger partial charge on any atom is 0.264 e. The summed E-state index contributed by atoms with van der Waals surface area (Å²) >= 11 is 13.1. The molecule has 8 rings (SSSR count). The Bertz CT molecular complexity index is 2890. The van der Waals surface area contributed by atoms with Gasteiger partial charge in [-0.1, -0.05) is 207 Å². The van der Waals surface area contributed by atoms with Gasteiger partial charge in [0, 0.05) is 25.2 Å². The molecule has 6 aromatic heterocycles. The number of fused-ring (bicyclic) bond motifs is 1. The Morgan fingerprint density at radius 2 is 0.602 bits per heavy atom. The molecule has 2 atom stereocenters. The molecule has 8 heterocycles. The Hall–Kier alpha value is -4.92. The van der Waals surface area contributed by atoms with Crippen LogP contribution in [-0.2, 0) is 9.59 Å². The number of amides is 4. The number of carbonyl (C=O) groups is 4. The largest absolute Gasteiger partial charge is 0.448 e. The summed E-state index contributed by atoms with van der Waals surface area (Å²) in [5.41, 5.74) is 1.00. The average molecular weight is 1470 g/mol. The van der Waals surface area contributed by atoms with Crippen molar-refractivity contribution in [3.8, 4) is 46.1 Å². The molecule has 0 saturated carbocycles. The van der Waals surface area contributed by atoms with Crippen molar-refractivity contribution in [1.29, 1.82) is 0 Å². The fourth-order valence-electron chi connectivity index (χ4n) is 11.2. The molecule has 0 N–H and O–H groups in total. The lowest BCUT2D eigenvalue weighted by Crippen LogP contribution is -2.35. The number of nitrogens with zero attached hydrogens (tertiary/aromatic N) is 8. The molecule has 2 unspecified atom stereocenters. The molecule has 0 saturated heterocycles. The highest BCUT2D eigenvalue weighted by molar-refractivity contribution is 9.11. The number of halogens is 4. The van der Waals surface area contributed by atoms with Gasteiger partial charge in [0.1, 0.15) is 11.4 Å². The maximum absolute atomic E-state index is 14.0. The van der Waals surface area contributed by atoms with Crippen LogP contribution in [0.1, 0.15) is 254 Å². The van der Waals surface area contributed by atoms with E-state index in [1.807, 2.05) is 0 Å². The molecule has 2 aliphatic rings. The van der Waals surface area contributed by atoms with Gasteiger partial charge in [0.2, 0.25) is 11.6 Å². The van der Waals surface area contributed by atoms with Crippen LogP contribution in [0.25, 0.3) is 46.1 Å². The second-order valence-electron chi connectivity index (χ2n) is 23.3. The van der Waals surface area contributed by atoms with E-state index in [1.165, 1.54) is 189 Å². The summed E-state index contributed by atoms with van der Waals surface area (Å²) in [6, 6.07) is 13.9. The van der Waals surface area contributed by atoms with Gasteiger partial charge in [-0.05, 0) is 150 Å². The summed E-state index contributed by atoms with van der Waals surface area (Å²) in [5.74, 6) is 2.20. The SMILES string of the molecule is Brc1ccc(-c2nnc(-c3ccc(Br)o3)nn2)o1.CCCCCCCCCCC(CCCCCCCC)CN1C(=O)C=CC1=O.CCCCCCCCCCC(CCCCCCCC)CN1C(=O)c2c(-c3ccc(Br)o3)nnc(-c3ccc(Br)o3)c2C1=O. The predicted molar refractivity (Wildman–Crippen MR) is 360 cm³/mol. The normalized spacial score (nSPS) is 13.5. The third-order valence-electron chi connectivity index (χ3n) is 16.2. The van der Waals surface area contributed by atoms with Crippen LogP contribution in [0, 0.1) is 11.8 Å². The molecule has 0 aromatic carbocycles. The third-order valence-corrected chi connectivity index (χ3v) is 17.9. The zero-order chi connectivity index (χ0) is 62.9. The van der Waals surface area contributed by atoms with E-state index in [0.29, 0.717) is 72.4 Å². The minimum absolute atomic E-state index is 0.121. The summed E-state index contributed by atoms with van der Waals surface area (Å²) in [4.78, 5) is 54.7. The Kier molecular flexibility index (Phi) is 33.4. The highest BCUT2D eigenvalue weighted by atomic mass is 79.9. The number of unbranched alkanes of at least 4 members (excludes halogenated alkanes) is 24. The van der Waals surface area contributed by atoms with Crippen LogP contribution in [0.4, 0.5) is 0 Å². The van der Waals surface area contributed by atoms with Crippen molar-refractivity contribution in [2.75, 3.05) is 13.1 Å². The minimum atomic E-state index is -0.340. The molecule has 88 heavy (non-hydrogen) atoms. The molecule has 0 spiro atoms. The van der Waals surface area contributed by atoms with Crippen LogP contribution in [-0.4, -0.2) is 77.1 Å². The monoisotopic (exact) mass is 1460 g/mol. The van der Waals surface area contributed by atoms with Crippen molar-refractivity contribution in [2.24, 2.45) is 11.8 Å². The van der Waals surface area contributed by atoms with Gasteiger partial charge in [0.25, 0.3) is 23.6 Å². The van der Waals surface area contributed by atoms with Crippen LogP contribution in [0.3, 0.4) is 0 Å². The van der Waals surface area contributed by atoms with E-state index in [1.54, 1.807) is 48.5 Å². The molecule has 0 aliphatic carbocycles. The average Bonchev–Trinajstić information content (AvgIpc) is 1.63. The van der Waals surface area contributed by atoms with Crippen LogP contribution in [0.15, 0.2) is 97.0 Å². The number of furan rings is 4. The van der Waals surface area contributed by atoms with E-state index in [0.717, 1.165) is 38.5 Å². The molecule has 2 aliphatic heterocycles. The smallest absolute Gasteiger partial charge is 0.264 e. The van der Waals surface area contributed by atoms with E-state index in [-0.39, 0.29) is 52.1 Å². The first-order valence-corrected chi connectivity index (χ1v) is 35.9. The van der Waals surface area contributed by atoms with Crippen molar-refractivity contribution in [1.82, 2.24) is 40.4 Å². The molecule has 4 amide bonds. The molecule has 6 aromatic rings. The Morgan fingerprint density at radius 3 is 0.875 bits per heavy atom. The number of carbonyl (C=O) groups excluding carboxylic acids is 4. The molecule has 16 nitrogen and oxygen atoms in total. The van der Waals surface area contributed by atoms with Crippen LogP contribution < -0.4 is 0 Å². The first-order valence-electron chi connectivity index (χ1n) is 32.8. The van der Waals surface area contributed by atoms with Crippen molar-refractivity contribution in [3.63, 3.8) is 0 Å². The van der Waals surface area contributed by atoms with Crippen molar-refractivity contribution >= 4 is 87.3 Å². The van der Waals surface area contributed by atoms with Crippen LogP contribution in [0.5, 0.6) is 0 Å². The number of aromatic nitrogens is 6. The van der Waals surface area contributed by atoms with E-state index < -0.39 is 0 Å². The number of imide groups is 2. The lowest BCUT2D eigenvalue weighted by molar-refractivity contribution is -0.137. The third kappa shape index (κ3) is 24.0. The second kappa shape index (κ2) is 40.7. The summed E-state index contributed by atoms with van der Waals surface area (Å²) in [6.45, 7) is 10.0. The van der Waals surface area contributed by atoms with Crippen molar-refractivity contribution in [2.45, 2.75) is 233 Å². The van der Waals surface area contributed by atoms with Crippen molar-refractivity contribution in [3.05, 3.63) is 90.5 Å². The van der Waals surface area contributed by atoms with Gasteiger partial charge >= 0.3 is 0 Å². The van der Waals surface area contributed by atoms with E-state index in [4.69, 9.17) is 17.7 Å². The van der Waals surface area contributed by atoms with E-state index >= 15 is 0 Å². The summed E-state index contributed by atoms with van der Waals surface area (Å²) in [6.07, 6.45) is 43.1. The van der Waals surface area contributed by atoms with Gasteiger partial charge in [0.05, 0.1) is 11.1 Å². The molecule has 0 radical (unpaired) electrons. The lowest BCUT2D eigenvalue weighted by Gasteiger charge is -2.23. The first kappa shape index (κ1) is 72.1. The Morgan fingerprint density at radius 1 is 0.341 bits per heavy atom. The zero-order valence-electron chi connectivity index (χ0n) is 52.3. The molecule has 0 fully saturated rings. The van der Waals surface area contributed by atoms with Gasteiger partial charge in [-0.3, -0.25) is 29.0 Å². The van der Waals surface area contributed by atoms with Crippen LogP contribution >= 0.6 is 63.7 Å². The minimum Gasteiger partial charge on any atom is -0.448 e. The Balaban J connectivity index is 0.000000233. The van der Waals surface area contributed by atoms with Gasteiger partial charge < -0.3 is 17.7 Å². The van der Waals surface area contributed by atoms with Gasteiger partial charge in [-0.25, -0.2) is 0 Å². The molecular weight excluding hydrogens is 1380 g/mol. The Labute approximate surface area is 555 Å². The quantitative estimate of drug-likeness (QED) is 0.0259. The highest BCUT2D eigenvalue weighted by Gasteiger charge is 2.43. The fourth-order valence-corrected chi connectivity index (χ4v) is 12.5. The van der Waals surface area contributed by atoms with Crippen LogP contribution in [0.2, 0.25) is 0 Å². The lowest BCUT2D eigenvalue weighted by atomic mass is 9.93. The number of rotatable bonds is 40. The number of hydrogen-bond donors (Lipinski definition) is 0. The fraction of sp³-hybridized carbons (Fsp3) is 0.588. The molecular formula is C68H92Br4N8O8. The maximum atomic E-state index is 14.0. The van der Waals surface area contributed by atoms with Gasteiger partial charge in [-0.15, -0.1) is 30.6 Å². The van der Waals surface area contributed by atoms with Gasteiger partial charge in [-0.2, -0.15) is 0 Å². The predicted octanol–water partition coefficient (Wildman–Crippen LogP) is 21.1. The number of hydrogen-bond acceptors (Lipinski definition) is 14. The van der Waals surface area contributed by atoms with E-state index in [9.17, 15) is 19.2 Å². The summed E-state index contributed by atoms with van der Waals surface area (Å²) in [5, 5.41) is 24.5. The summed E-state index contributed by atoms with van der Waals surface area (Å²) in [7, 11) is 0. The highest BCUT2D eigenvalue weighted by Crippen LogP contribution is 2.39. The standard InChI is InChI=1S/C34H45Br2N3O4.C24H43NO2.C10H4Br2N4O2/c1-3-5-7-9-11-12-14-16-18-24(17-15-13-10-8-6-4-2)23-39-33(40)29-30(34(39)41)32(26-20-22-28(36)43-26)38-37-31(29)25-19-21-27(35)42-25;1-3-5-7-9-11-12-14-16-18-22(17-15-13-10-8-6-4-2)21-25-23(26)19-20-24(25)27;11-7-3-1-5(17-7)9-13-15-10(16-14-9)6-2-4-8(12)18-6/h19-22,24H,3-18,23H2,1-2H3;19-20,22H,3-18,21H2,1-2H3;1-4H. The van der Waals surface area contributed by atoms with Gasteiger partial charge in [0.15, 0.2) is 41.7 Å².